The third-order valence-corrected chi connectivity index (χ3v) is 13.7. The number of nitro benzene ring substituents is 1. The number of hydrogen-bond donors (Lipinski definition) is 2. The van der Waals surface area contributed by atoms with Crippen molar-refractivity contribution in [2.45, 2.75) is 90.0 Å². The fourth-order valence-electron chi connectivity index (χ4n) is 10.5. The Morgan fingerprint density at radius 3 is 2.37 bits per heavy atom. The Kier molecular flexibility index (Phi) is 15.2. The average Bonchev–Trinajstić information content (AvgIpc) is 3.34. The molecule has 0 radical (unpaired) electrons. The van der Waals surface area contributed by atoms with Gasteiger partial charge in [-0.1, -0.05) is 78.7 Å². The molecule has 3 aliphatic rings. The summed E-state index contributed by atoms with van der Waals surface area (Å²) in [5, 5.41) is 38.4. The summed E-state index contributed by atoms with van der Waals surface area (Å²) in [7, 11) is 0. The first-order chi connectivity index (χ1) is 33.1. The quantitative estimate of drug-likeness (QED) is 0.0332. The molecule has 2 aliphatic carbocycles. The molecule has 5 aromatic carbocycles. The van der Waals surface area contributed by atoms with Crippen LogP contribution in [0.2, 0.25) is 0 Å². The summed E-state index contributed by atoms with van der Waals surface area (Å²) in [5.74, 6) is -0.351. The molecule has 0 saturated heterocycles. The summed E-state index contributed by atoms with van der Waals surface area (Å²) in [4.78, 5) is 34.0. The Hall–Kier alpha value is -6.54. The molecule has 8 rings (SSSR count). The number of hydrogen-bond acceptors (Lipinski definition) is 11. The minimum absolute atomic E-state index is 0.00844. The van der Waals surface area contributed by atoms with E-state index < -0.39 is 28.8 Å². The van der Waals surface area contributed by atoms with Crippen molar-refractivity contribution in [3.63, 3.8) is 0 Å². The molecule has 1 fully saturated rings. The van der Waals surface area contributed by atoms with Gasteiger partial charge in [0.05, 0.1) is 29.7 Å². The van der Waals surface area contributed by atoms with Crippen LogP contribution >= 0.6 is 0 Å². The van der Waals surface area contributed by atoms with Gasteiger partial charge in [-0.25, -0.2) is 4.79 Å². The first kappa shape index (κ1) is 47.9. The molecule has 2 N–H and O–H groups in total. The van der Waals surface area contributed by atoms with Gasteiger partial charge in [0, 0.05) is 43.2 Å². The highest BCUT2D eigenvalue weighted by Crippen LogP contribution is 2.62. The van der Waals surface area contributed by atoms with Crippen LogP contribution in [0.4, 0.5) is 10.5 Å². The van der Waals surface area contributed by atoms with Gasteiger partial charge in [0.2, 0.25) is 5.79 Å². The van der Waals surface area contributed by atoms with E-state index in [1.54, 1.807) is 11.0 Å². The van der Waals surface area contributed by atoms with Gasteiger partial charge >= 0.3 is 6.09 Å². The number of aryl methyl sites for hydroxylation is 2. The summed E-state index contributed by atoms with van der Waals surface area (Å²) in [5.41, 5.74) is 5.45. The van der Waals surface area contributed by atoms with Gasteiger partial charge in [0.1, 0.15) is 35.6 Å². The second-order valence-corrected chi connectivity index (χ2v) is 17.9. The Labute approximate surface area is 397 Å². The molecule has 68 heavy (non-hydrogen) atoms. The topological polar surface area (TPSA) is 162 Å². The number of amides is 1. The van der Waals surface area contributed by atoms with Gasteiger partial charge in [-0.2, -0.15) is 0 Å². The van der Waals surface area contributed by atoms with Crippen LogP contribution in [-0.4, -0.2) is 70.1 Å². The monoisotopic (exact) mass is 923 g/mol. The average molecular weight is 924 g/mol. The maximum absolute atomic E-state index is 15.3. The number of aliphatic hydroxyl groups is 2. The lowest BCUT2D eigenvalue weighted by atomic mass is 9.55. The Morgan fingerprint density at radius 2 is 1.63 bits per heavy atom. The number of unbranched alkanes of at least 4 members (excludes halogenated alkanes) is 2. The summed E-state index contributed by atoms with van der Waals surface area (Å²) >= 11 is 0. The third-order valence-electron chi connectivity index (χ3n) is 13.7. The van der Waals surface area contributed by atoms with Crippen molar-refractivity contribution >= 4 is 28.3 Å². The van der Waals surface area contributed by atoms with E-state index in [2.05, 4.69) is 32.6 Å². The zero-order chi connectivity index (χ0) is 47.8. The van der Waals surface area contributed by atoms with Crippen molar-refractivity contribution in [2.75, 3.05) is 26.4 Å². The van der Waals surface area contributed by atoms with Crippen LogP contribution in [0.1, 0.15) is 80.0 Å². The van der Waals surface area contributed by atoms with Gasteiger partial charge in [0.25, 0.3) is 5.69 Å². The Bertz CT molecular complexity index is 2660. The summed E-state index contributed by atoms with van der Waals surface area (Å²) < 4.78 is 27.4. The lowest BCUT2D eigenvalue weighted by Gasteiger charge is -2.59. The van der Waals surface area contributed by atoms with Crippen LogP contribution in [0.25, 0.3) is 10.8 Å². The second-order valence-electron chi connectivity index (χ2n) is 17.9. The fourth-order valence-corrected chi connectivity index (χ4v) is 10.5. The maximum Gasteiger partial charge on any atom is 0.416 e. The molecule has 356 valence electrons. The van der Waals surface area contributed by atoms with Crippen molar-refractivity contribution < 1.29 is 43.7 Å². The van der Waals surface area contributed by atoms with Crippen LogP contribution in [0.15, 0.2) is 133 Å². The molecule has 1 amide bonds. The van der Waals surface area contributed by atoms with E-state index in [9.17, 15) is 20.3 Å². The number of nitrogens with zero attached hydrogens (tertiary/aromatic N) is 3. The molecule has 1 aliphatic heterocycles. The van der Waals surface area contributed by atoms with Crippen LogP contribution in [0.3, 0.4) is 0 Å². The number of oxime groups is 1. The summed E-state index contributed by atoms with van der Waals surface area (Å²) in [6.45, 7) is 10.6. The SMILES string of the molecule is C=CCOC12Oc3ccc(Oc4ccc(C)c(C)c4)cc3C3C(CCCCO)C(CCCCO)C=C(C(=NOCC)CC1N(Cc1cccc4ccccc14)C(=O)Oc1ccc([N+](=O)[O-])cc1)C32. The molecule has 0 spiro atoms. The fraction of sp³-hybridized carbons (Fsp3) is 0.382. The predicted molar refractivity (Wildman–Crippen MR) is 261 cm³/mol. The first-order valence-electron chi connectivity index (χ1n) is 23.7. The number of carbonyl (C=O) groups is 1. The summed E-state index contributed by atoms with van der Waals surface area (Å²) in [6, 6.07) is 30.4. The first-order valence-corrected chi connectivity index (χ1v) is 23.7. The van der Waals surface area contributed by atoms with E-state index >= 15 is 4.79 Å². The molecule has 0 bridgehead atoms. The number of rotatable bonds is 20. The van der Waals surface area contributed by atoms with Gasteiger partial charge in [-0.05, 0) is 134 Å². The number of non-ortho nitro benzene ring substituents is 1. The van der Waals surface area contributed by atoms with E-state index in [0.717, 1.165) is 64.3 Å². The normalized spacial score (nSPS) is 22.0. The number of aliphatic hydroxyl groups excluding tert-OH is 2. The zero-order valence-electron chi connectivity index (χ0n) is 39.1. The van der Waals surface area contributed by atoms with Gasteiger partial charge in [0.15, 0.2) is 0 Å². The third kappa shape index (κ3) is 10.0. The number of ether oxygens (including phenoxy) is 4. The van der Waals surface area contributed by atoms with E-state index in [1.165, 1.54) is 24.3 Å². The number of nitro groups is 1. The molecular formula is C55H61N3O10. The number of carbonyl (C=O) groups excluding carboxylic acids is 1. The lowest BCUT2D eigenvalue weighted by Crippen LogP contribution is -2.70. The van der Waals surface area contributed by atoms with Gasteiger partial charge in [-0.15, -0.1) is 6.58 Å². The highest BCUT2D eigenvalue weighted by atomic mass is 16.7. The highest BCUT2D eigenvalue weighted by Gasteiger charge is 2.66. The van der Waals surface area contributed by atoms with Crippen molar-refractivity contribution in [1.29, 1.82) is 0 Å². The minimum Gasteiger partial charge on any atom is -0.459 e. The van der Waals surface area contributed by atoms with Gasteiger partial charge in [-0.3, -0.25) is 15.0 Å². The standard InChI is InChI=1S/C55H61N3O10/c1-5-30-64-55-51(57(35-40-17-13-16-38-14-7-8-18-45(38)40)54(61)67-42-24-21-41(22-25-42)58(62)63)34-49(56-65-6-2)47-32-39(15-9-11-28-59)46(19-10-12-29-60)52(53(47)55)48-33-44(26-27-50(48)68-55)66-43-23-20-36(3)37(4)31-43/h5,7-8,13-14,16-18,20-27,31-33,39,46,51-53,59-60H,1,6,9-12,15,19,28-30,34-35H2,2-4H3. The number of benzene rings is 5. The molecule has 6 unspecified atom stereocenters. The molecule has 13 nitrogen and oxygen atoms in total. The van der Waals surface area contributed by atoms with Gasteiger partial charge < -0.3 is 34.0 Å². The van der Waals surface area contributed by atoms with Crippen molar-refractivity contribution in [3.8, 4) is 23.0 Å². The highest BCUT2D eigenvalue weighted by molar-refractivity contribution is 6.03. The largest absolute Gasteiger partial charge is 0.459 e. The van der Waals surface area contributed by atoms with E-state index in [0.29, 0.717) is 42.4 Å². The molecule has 0 aromatic heterocycles. The number of fused-ring (bicyclic) bond motifs is 3. The predicted octanol–water partition coefficient (Wildman–Crippen LogP) is 11.5. The minimum atomic E-state index is -1.57. The van der Waals surface area contributed by atoms with Crippen LogP contribution in [0.5, 0.6) is 23.0 Å². The number of allylic oxidation sites excluding steroid dienone is 1. The van der Waals surface area contributed by atoms with Crippen molar-refractivity contribution in [1.82, 2.24) is 4.90 Å². The molecule has 13 heteroatoms. The van der Waals surface area contributed by atoms with Crippen LogP contribution in [0, 0.1) is 41.7 Å². The van der Waals surface area contributed by atoms with E-state index in [4.69, 9.17) is 28.9 Å². The Balaban J connectivity index is 1.35. The maximum atomic E-state index is 15.3. The Morgan fingerprint density at radius 1 is 0.912 bits per heavy atom. The van der Waals surface area contributed by atoms with Crippen molar-refractivity contribution in [2.24, 2.45) is 22.9 Å². The molecule has 5 aromatic rings. The second kappa shape index (κ2) is 21.6. The van der Waals surface area contributed by atoms with E-state index in [1.807, 2.05) is 79.7 Å². The molecule has 1 saturated carbocycles. The smallest absolute Gasteiger partial charge is 0.416 e. The van der Waals surface area contributed by atoms with E-state index in [-0.39, 0.29) is 62.0 Å². The van der Waals surface area contributed by atoms with Crippen LogP contribution in [-0.2, 0) is 16.1 Å². The zero-order valence-corrected chi connectivity index (χ0v) is 39.1. The summed E-state index contributed by atoms with van der Waals surface area (Å²) in [6.07, 6.45) is 7.80. The molecule has 6 atom stereocenters. The lowest BCUT2D eigenvalue weighted by molar-refractivity contribution is -0.384. The molecular weight excluding hydrogens is 863 g/mol. The van der Waals surface area contributed by atoms with Crippen molar-refractivity contribution in [3.05, 3.63) is 160 Å². The van der Waals surface area contributed by atoms with Crippen LogP contribution < -0.4 is 14.2 Å². The molecule has 1 heterocycles.